The maximum absolute atomic E-state index is 12.8. The van der Waals surface area contributed by atoms with Gasteiger partial charge in [-0.1, -0.05) is 0 Å². The van der Waals surface area contributed by atoms with Crippen LogP contribution in [0, 0.1) is 6.92 Å². The lowest BCUT2D eigenvalue weighted by Crippen LogP contribution is -2.40. The SMILES string of the molecule is Cc1ccc(C2CSCCN2C(=O)c2ccc(C(N)=O)cc2)o1. The van der Waals surface area contributed by atoms with Gasteiger partial charge in [-0.3, -0.25) is 9.59 Å². The summed E-state index contributed by atoms with van der Waals surface area (Å²) in [5.74, 6) is 2.83. The Morgan fingerprint density at radius 3 is 2.48 bits per heavy atom. The van der Waals surface area contributed by atoms with Crippen molar-refractivity contribution >= 4 is 23.6 Å². The first-order valence-electron chi connectivity index (χ1n) is 7.41. The summed E-state index contributed by atoms with van der Waals surface area (Å²) in [6, 6.07) is 10.2. The quantitative estimate of drug-likeness (QED) is 0.938. The molecule has 2 aromatic rings. The zero-order chi connectivity index (χ0) is 16.4. The third-order valence-corrected chi connectivity index (χ3v) is 4.92. The molecule has 1 atom stereocenters. The van der Waals surface area contributed by atoms with Crippen molar-refractivity contribution in [3.05, 3.63) is 59.0 Å². The van der Waals surface area contributed by atoms with Crippen LogP contribution in [0.3, 0.4) is 0 Å². The van der Waals surface area contributed by atoms with Gasteiger partial charge < -0.3 is 15.1 Å². The number of carbonyl (C=O) groups is 2. The van der Waals surface area contributed by atoms with E-state index in [-0.39, 0.29) is 11.9 Å². The molecule has 1 unspecified atom stereocenters. The molecule has 1 aliphatic heterocycles. The number of benzene rings is 1. The molecule has 6 heteroatoms. The van der Waals surface area contributed by atoms with Gasteiger partial charge in [-0.25, -0.2) is 0 Å². The Hall–Kier alpha value is -2.21. The minimum Gasteiger partial charge on any atom is -0.464 e. The molecule has 3 rings (SSSR count). The number of amides is 2. The summed E-state index contributed by atoms with van der Waals surface area (Å²) in [6.07, 6.45) is 0. The lowest BCUT2D eigenvalue weighted by molar-refractivity contribution is 0.0681. The third-order valence-electron chi connectivity index (χ3n) is 3.90. The molecule has 120 valence electrons. The van der Waals surface area contributed by atoms with Gasteiger partial charge in [0, 0.05) is 29.2 Å². The van der Waals surface area contributed by atoms with E-state index in [0.29, 0.717) is 17.7 Å². The minimum atomic E-state index is -0.498. The van der Waals surface area contributed by atoms with Gasteiger partial charge in [0.25, 0.3) is 5.91 Å². The molecule has 0 aliphatic carbocycles. The molecule has 0 bridgehead atoms. The Morgan fingerprint density at radius 1 is 1.17 bits per heavy atom. The molecule has 2 heterocycles. The fourth-order valence-electron chi connectivity index (χ4n) is 2.66. The van der Waals surface area contributed by atoms with E-state index in [1.54, 1.807) is 24.3 Å². The van der Waals surface area contributed by atoms with Gasteiger partial charge in [0.2, 0.25) is 5.91 Å². The van der Waals surface area contributed by atoms with E-state index in [2.05, 4.69) is 0 Å². The molecule has 0 radical (unpaired) electrons. The van der Waals surface area contributed by atoms with Crippen molar-refractivity contribution in [3.8, 4) is 0 Å². The monoisotopic (exact) mass is 330 g/mol. The zero-order valence-corrected chi connectivity index (χ0v) is 13.6. The lowest BCUT2D eigenvalue weighted by Gasteiger charge is -2.34. The molecule has 1 aromatic heterocycles. The van der Waals surface area contributed by atoms with Gasteiger partial charge >= 0.3 is 0 Å². The van der Waals surface area contributed by atoms with Crippen LogP contribution in [0.2, 0.25) is 0 Å². The van der Waals surface area contributed by atoms with Crippen LogP contribution in [0.4, 0.5) is 0 Å². The number of nitrogens with zero attached hydrogens (tertiary/aromatic N) is 1. The summed E-state index contributed by atoms with van der Waals surface area (Å²) in [5.41, 5.74) is 6.18. The number of rotatable bonds is 3. The van der Waals surface area contributed by atoms with Crippen LogP contribution in [0.1, 0.15) is 38.3 Å². The third kappa shape index (κ3) is 3.27. The highest BCUT2D eigenvalue weighted by Gasteiger charge is 2.31. The zero-order valence-electron chi connectivity index (χ0n) is 12.8. The van der Waals surface area contributed by atoms with Crippen LogP contribution in [-0.2, 0) is 0 Å². The minimum absolute atomic E-state index is 0.0552. The van der Waals surface area contributed by atoms with Crippen molar-refractivity contribution in [1.29, 1.82) is 0 Å². The van der Waals surface area contributed by atoms with E-state index in [4.69, 9.17) is 10.2 Å². The van der Waals surface area contributed by atoms with E-state index in [0.717, 1.165) is 23.0 Å². The highest BCUT2D eigenvalue weighted by Crippen LogP contribution is 2.31. The average Bonchev–Trinajstić information content (AvgIpc) is 3.00. The molecule has 1 aromatic carbocycles. The highest BCUT2D eigenvalue weighted by molar-refractivity contribution is 7.99. The standard InChI is InChI=1S/C17H18N2O3S/c1-11-2-7-15(22-11)14-10-23-9-8-19(14)17(21)13-5-3-12(4-6-13)16(18)20/h2-7,14H,8-10H2,1H3,(H2,18,20). The van der Waals surface area contributed by atoms with Gasteiger partial charge in [0.05, 0.1) is 6.04 Å². The van der Waals surface area contributed by atoms with E-state index in [9.17, 15) is 9.59 Å². The van der Waals surface area contributed by atoms with E-state index < -0.39 is 5.91 Å². The Bertz CT molecular complexity index is 724. The largest absolute Gasteiger partial charge is 0.464 e. The number of thioether (sulfide) groups is 1. The van der Waals surface area contributed by atoms with Crippen molar-refractivity contribution in [3.63, 3.8) is 0 Å². The van der Waals surface area contributed by atoms with Crippen molar-refractivity contribution in [2.45, 2.75) is 13.0 Å². The number of carbonyl (C=O) groups excluding carboxylic acids is 2. The molecule has 2 amide bonds. The van der Waals surface area contributed by atoms with Crippen LogP contribution in [0.15, 0.2) is 40.8 Å². The van der Waals surface area contributed by atoms with Gasteiger partial charge in [-0.05, 0) is 43.3 Å². The van der Waals surface area contributed by atoms with Crippen molar-refractivity contribution in [1.82, 2.24) is 4.90 Å². The summed E-state index contributed by atoms with van der Waals surface area (Å²) < 4.78 is 5.72. The van der Waals surface area contributed by atoms with E-state index in [1.807, 2.05) is 35.7 Å². The predicted molar refractivity (Wildman–Crippen MR) is 89.5 cm³/mol. The van der Waals surface area contributed by atoms with Crippen molar-refractivity contribution in [2.24, 2.45) is 5.73 Å². The molecule has 1 fully saturated rings. The Morgan fingerprint density at radius 2 is 1.87 bits per heavy atom. The second-order valence-electron chi connectivity index (χ2n) is 5.48. The van der Waals surface area contributed by atoms with Crippen LogP contribution < -0.4 is 5.73 Å². The number of nitrogens with two attached hydrogens (primary N) is 1. The fourth-order valence-corrected chi connectivity index (χ4v) is 3.72. The van der Waals surface area contributed by atoms with Gasteiger partial charge in [0.1, 0.15) is 11.5 Å². The van der Waals surface area contributed by atoms with Crippen LogP contribution >= 0.6 is 11.8 Å². The number of hydrogen-bond donors (Lipinski definition) is 1. The fraction of sp³-hybridized carbons (Fsp3) is 0.294. The van der Waals surface area contributed by atoms with E-state index in [1.165, 1.54) is 0 Å². The first kappa shape index (κ1) is 15.7. The first-order chi connectivity index (χ1) is 11.1. The second-order valence-corrected chi connectivity index (χ2v) is 6.63. The summed E-state index contributed by atoms with van der Waals surface area (Å²) in [4.78, 5) is 25.8. The molecule has 0 spiro atoms. The van der Waals surface area contributed by atoms with Gasteiger partial charge in [0.15, 0.2) is 0 Å². The summed E-state index contributed by atoms with van der Waals surface area (Å²) >= 11 is 1.81. The lowest BCUT2D eigenvalue weighted by atomic mass is 10.1. The molecule has 2 N–H and O–H groups in total. The Labute approximate surface area is 138 Å². The summed E-state index contributed by atoms with van der Waals surface area (Å²) in [6.45, 7) is 2.57. The van der Waals surface area contributed by atoms with Crippen LogP contribution in [0.5, 0.6) is 0 Å². The number of primary amides is 1. The highest BCUT2D eigenvalue weighted by atomic mass is 32.2. The molecule has 0 saturated carbocycles. The Balaban J connectivity index is 1.85. The predicted octanol–water partition coefficient (Wildman–Crippen LogP) is 2.62. The Kier molecular flexibility index (Phi) is 4.43. The topological polar surface area (TPSA) is 76.5 Å². The normalized spacial score (nSPS) is 18.0. The summed E-state index contributed by atoms with van der Waals surface area (Å²) in [7, 11) is 0. The summed E-state index contributed by atoms with van der Waals surface area (Å²) in [5, 5.41) is 0. The van der Waals surface area contributed by atoms with Crippen LogP contribution in [-0.4, -0.2) is 34.8 Å². The van der Waals surface area contributed by atoms with Crippen molar-refractivity contribution < 1.29 is 14.0 Å². The maximum atomic E-state index is 12.8. The van der Waals surface area contributed by atoms with E-state index >= 15 is 0 Å². The molecule has 1 saturated heterocycles. The molecule has 1 aliphatic rings. The van der Waals surface area contributed by atoms with Crippen LogP contribution in [0.25, 0.3) is 0 Å². The molecule has 23 heavy (non-hydrogen) atoms. The first-order valence-corrected chi connectivity index (χ1v) is 8.56. The smallest absolute Gasteiger partial charge is 0.254 e. The van der Waals surface area contributed by atoms with Gasteiger partial charge in [-0.15, -0.1) is 0 Å². The maximum Gasteiger partial charge on any atom is 0.254 e. The molecule has 5 nitrogen and oxygen atoms in total. The molecular weight excluding hydrogens is 312 g/mol. The van der Waals surface area contributed by atoms with Gasteiger partial charge in [-0.2, -0.15) is 11.8 Å². The second kappa shape index (κ2) is 6.50. The number of aryl methyl sites for hydroxylation is 1. The average molecular weight is 330 g/mol. The number of hydrogen-bond acceptors (Lipinski definition) is 4. The van der Waals surface area contributed by atoms with Crippen molar-refractivity contribution in [2.75, 3.05) is 18.1 Å². The number of furan rings is 1. The molecular formula is C17H18N2O3S.